The van der Waals surface area contributed by atoms with Crippen molar-refractivity contribution in [2.75, 3.05) is 20.1 Å². The number of nitrogens with one attached hydrogen (secondary N) is 1. The molecule has 21 heavy (non-hydrogen) atoms. The molecule has 1 aromatic rings. The molecule has 1 heterocycles. The number of rotatable bonds is 4. The Morgan fingerprint density at radius 3 is 2.71 bits per heavy atom. The van der Waals surface area contributed by atoms with Crippen LogP contribution in [0, 0.1) is 12.8 Å². The summed E-state index contributed by atoms with van der Waals surface area (Å²) in [7, 11) is -1.40. The van der Waals surface area contributed by atoms with Crippen molar-refractivity contribution >= 4 is 10.0 Å². The number of sulfonamides is 1. The number of benzene rings is 1. The van der Waals surface area contributed by atoms with Gasteiger partial charge in [0.25, 0.3) is 0 Å². The van der Waals surface area contributed by atoms with Crippen molar-refractivity contribution in [3.63, 3.8) is 0 Å². The molecule has 0 spiro atoms. The summed E-state index contributed by atoms with van der Waals surface area (Å²) in [4.78, 5) is 2.55. The fourth-order valence-corrected chi connectivity index (χ4v) is 4.33. The highest BCUT2D eigenvalue weighted by atomic mass is 32.2. The van der Waals surface area contributed by atoms with Crippen LogP contribution in [-0.4, -0.2) is 39.5 Å². The van der Waals surface area contributed by atoms with Crippen LogP contribution in [0.5, 0.6) is 0 Å². The van der Waals surface area contributed by atoms with Gasteiger partial charge in [0, 0.05) is 19.1 Å². The third-order valence-corrected chi connectivity index (χ3v) is 5.75. The first-order chi connectivity index (χ1) is 9.83. The van der Waals surface area contributed by atoms with Crippen LogP contribution in [-0.2, 0) is 16.6 Å². The number of aryl methyl sites for hydroxylation is 1. The summed E-state index contributed by atoms with van der Waals surface area (Å²) in [5.41, 5.74) is 7.51. The molecule has 2 rings (SSSR count). The lowest BCUT2D eigenvalue weighted by Crippen LogP contribution is -2.48. The first-order valence-corrected chi connectivity index (χ1v) is 8.82. The Kier molecular flexibility index (Phi) is 5.03. The zero-order valence-electron chi connectivity index (χ0n) is 13.0. The molecular formula is C15H25N3O2S. The van der Waals surface area contributed by atoms with Crippen LogP contribution >= 0.6 is 0 Å². The summed E-state index contributed by atoms with van der Waals surface area (Å²) < 4.78 is 27.9. The summed E-state index contributed by atoms with van der Waals surface area (Å²) in [6.45, 7) is 6.23. The van der Waals surface area contributed by atoms with Gasteiger partial charge < -0.3 is 10.6 Å². The third-order valence-electron chi connectivity index (χ3n) is 4.26. The molecule has 0 bridgehead atoms. The van der Waals surface area contributed by atoms with Crippen molar-refractivity contribution in [1.29, 1.82) is 0 Å². The standard InChI is InChI=1S/C15H25N3O2S/c1-11-8-14(5-4-13(11)9-16)21(19,20)17-15-6-7-18(3)10-12(15)2/h4-5,8,12,15,17H,6-7,9-10,16H2,1-3H3. The minimum Gasteiger partial charge on any atom is -0.326 e. The van der Waals surface area contributed by atoms with E-state index in [0.29, 0.717) is 17.4 Å². The summed E-state index contributed by atoms with van der Waals surface area (Å²) in [6, 6.07) is 5.13. The minimum absolute atomic E-state index is 0.000640. The van der Waals surface area contributed by atoms with Gasteiger partial charge in [0.1, 0.15) is 0 Å². The Labute approximate surface area is 127 Å². The highest BCUT2D eigenvalue weighted by Gasteiger charge is 2.28. The Hall–Kier alpha value is -0.950. The van der Waals surface area contributed by atoms with E-state index in [2.05, 4.69) is 23.6 Å². The third kappa shape index (κ3) is 3.83. The van der Waals surface area contributed by atoms with Gasteiger partial charge in [0.05, 0.1) is 4.90 Å². The van der Waals surface area contributed by atoms with E-state index in [0.717, 1.165) is 30.6 Å². The fraction of sp³-hybridized carbons (Fsp3) is 0.600. The molecule has 0 amide bonds. The van der Waals surface area contributed by atoms with Gasteiger partial charge in [-0.1, -0.05) is 13.0 Å². The van der Waals surface area contributed by atoms with E-state index < -0.39 is 10.0 Å². The second-order valence-electron chi connectivity index (χ2n) is 6.05. The van der Waals surface area contributed by atoms with Gasteiger partial charge >= 0.3 is 0 Å². The molecule has 5 nitrogen and oxygen atoms in total. The molecule has 118 valence electrons. The van der Waals surface area contributed by atoms with E-state index in [1.54, 1.807) is 18.2 Å². The number of nitrogens with two attached hydrogens (primary N) is 1. The molecular weight excluding hydrogens is 286 g/mol. The number of piperidine rings is 1. The number of hydrogen-bond donors (Lipinski definition) is 2. The molecule has 2 atom stereocenters. The van der Waals surface area contributed by atoms with Gasteiger partial charge in [-0.15, -0.1) is 0 Å². The minimum atomic E-state index is -3.47. The molecule has 0 aliphatic carbocycles. The number of likely N-dealkylation sites (tertiary alicyclic amines) is 1. The van der Waals surface area contributed by atoms with Crippen molar-refractivity contribution in [1.82, 2.24) is 9.62 Å². The van der Waals surface area contributed by atoms with Crippen molar-refractivity contribution in [3.8, 4) is 0 Å². The van der Waals surface area contributed by atoms with Crippen molar-refractivity contribution in [3.05, 3.63) is 29.3 Å². The molecule has 3 N–H and O–H groups in total. The molecule has 0 aromatic heterocycles. The van der Waals surface area contributed by atoms with Crippen LogP contribution in [0.2, 0.25) is 0 Å². The van der Waals surface area contributed by atoms with E-state index in [1.165, 1.54) is 0 Å². The number of hydrogen-bond acceptors (Lipinski definition) is 4. The Morgan fingerprint density at radius 1 is 1.43 bits per heavy atom. The van der Waals surface area contributed by atoms with Crippen LogP contribution in [0.1, 0.15) is 24.5 Å². The van der Waals surface area contributed by atoms with Crippen LogP contribution in [0.4, 0.5) is 0 Å². The topological polar surface area (TPSA) is 75.4 Å². The monoisotopic (exact) mass is 311 g/mol. The molecule has 1 saturated heterocycles. The largest absolute Gasteiger partial charge is 0.326 e. The summed E-state index contributed by atoms with van der Waals surface area (Å²) in [5, 5.41) is 0. The second-order valence-corrected chi connectivity index (χ2v) is 7.76. The lowest BCUT2D eigenvalue weighted by atomic mass is 9.95. The maximum absolute atomic E-state index is 12.5. The molecule has 0 saturated carbocycles. The summed E-state index contributed by atoms with van der Waals surface area (Å²) in [6.07, 6.45) is 0.844. The van der Waals surface area contributed by atoms with E-state index in [4.69, 9.17) is 5.73 Å². The lowest BCUT2D eigenvalue weighted by molar-refractivity contribution is 0.188. The SMILES string of the molecule is Cc1cc(S(=O)(=O)NC2CCN(C)CC2C)ccc1CN. The van der Waals surface area contributed by atoms with Gasteiger partial charge in [-0.2, -0.15) is 0 Å². The van der Waals surface area contributed by atoms with Gasteiger partial charge in [0.2, 0.25) is 10.0 Å². The number of nitrogens with zero attached hydrogens (tertiary/aromatic N) is 1. The van der Waals surface area contributed by atoms with Gasteiger partial charge in [-0.05, 0) is 56.1 Å². The van der Waals surface area contributed by atoms with E-state index in [-0.39, 0.29) is 6.04 Å². The normalized spacial score (nSPS) is 24.2. The van der Waals surface area contributed by atoms with Crippen molar-refractivity contribution in [2.24, 2.45) is 11.7 Å². The van der Waals surface area contributed by atoms with E-state index in [9.17, 15) is 8.42 Å². The molecule has 0 radical (unpaired) electrons. The van der Waals surface area contributed by atoms with Gasteiger partial charge in [-0.25, -0.2) is 13.1 Å². The first kappa shape index (κ1) is 16.4. The predicted molar refractivity (Wildman–Crippen MR) is 84.5 cm³/mol. The maximum atomic E-state index is 12.5. The van der Waals surface area contributed by atoms with Crippen LogP contribution in [0.25, 0.3) is 0 Å². The molecule has 1 aliphatic heterocycles. The highest BCUT2D eigenvalue weighted by Crippen LogP contribution is 2.20. The molecule has 2 unspecified atom stereocenters. The van der Waals surface area contributed by atoms with Gasteiger partial charge in [0.15, 0.2) is 0 Å². The Balaban J connectivity index is 2.17. The Bertz CT molecular complexity index is 601. The van der Waals surface area contributed by atoms with Crippen LogP contribution in [0.15, 0.2) is 23.1 Å². The van der Waals surface area contributed by atoms with Crippen LogP contribution < -0.4 is 10.5 Å². The molecule has 1 aliphatic rings. The van der Waals surface area contributed by atoms with Gasteiger partial charge in [-0.3, -0.25) is 0 Å². The fourth-order valence-electron chi connectivity index (χ4n) is 2.86. The zero-order chi connectivity index (χ0) is 15.6. The van der Waals surface area contributed by atoms with Crippen LogP contribution in [0.3, 0.4) is 0 Å². The molecule has 1 fully saturated rings. The average molecular weight is 311 g/mol. The maximum Gasteiger partial charge on any atom is 0.240 e. The first-order valence-electron chi connectivity index (χ1n) is 7.34. The summed E-state index contributed by atoms with van der Waals surface area (Å²) >= 11 is 0. The Morgan fingerprint density at radius 2 is 2.14 bits per heavy atom. The second kappa shape index (κ2) is 6.44. The predicted octanol–water partition coefficient (Wildman–Crippen LogP) is 1.07. The quantitative estimate of drug-likeness (QED) is 0.872. The zero-order valence-corrected chi connectivity index (χ0v) is 13.8. The summed E-state index contributed by atoms with van der Waals surface area (Å²) in [5.74, 6) is 0.308. The van der Waals surface area contributed by atoms with E-state index in [1.807, 2.05) is 6.92 Å². The van der Waals surface area contributed by atoms with Crippen molar-refractivity contribution in [2.45, 2.75) is 37.8 Å². The molecule has 1 aromatic carbocycles. The highest BCUT2D eigenvalue weighted by molar-refractivity contribution is 7.89. The molecule has 6 heteroatoms. The lowest BCUT2D eigenvalue weighted by Gasteiger charge is -2.34. The van der Waals surface area contributed by atoms with E-state index >= 15 is 0 Å². The smallest absolute Gasteiger partial charge is 0.240 e. The van der Waals surface area contributed by atoms with Crippen molar-refractivity contribution < 1.29 is 8.42 Å². The average Bonchev–Trinajstić information content (AvgIpc) is 2.42.